The Balaban J connectivity index is 2.44. The van der Waals surface area contributed by atoms with Crippen molar-refractivity contribution in [2.24, 2.45) is 0 Å². The summed E-state index contributed by atoms with van der Waals surface area (Å²) in [5.74, 6) is 0. The standard InChI is InChI=1S/C10H9BrN2/c11-6-3-4-9-8-13-7-2-1-5-10(13)12-9/h1-5,7-8H,6H2. The van der Waals surface area contributed by atoms with E-state index >= 15 is 0 Å². The minimum atomic E-state index is 0.862. The Kier molecular flexibility index (Phi) is 2.45. The van der Waals surface area contributed by atoms with Gasteiger partial charge < -0.3 is 4.40 Å². The topological polar surface area (TPSA) is 17.3 Å². The van der Waals surface area contributed by atoms with E-state index in [-0.39, 0.29) is 0 Å². The van der Waals surface area contributed by atoms with Gasteiger partial charge in [0.05, 0.1) is 5.69 Å². The van der Waals surface area contributed by atoms with Crippen LogP contribution in [0.2, 0.25) is 0 Å². The summed E-state index contributed by atoms with van der Waals surface area (Å²) in [6.07, 6.45) is 8.03. The molecule has 0 aliphatic rings. The molecule has 0 aliphatic heterocycles. The minimum absolute atomic E-state index is 0.862. The molecule has 0 aromatic carbocycles. The van der Waals surface area contributed by atoms with Crippen molar-refractivity contribution in [3.8, 4) is 0 Å². The summed E-state index contributed by atoms with van der Waals surface area (Å²) in [6, 6.07) is 5.97. The highest BCUT2D eigenvalue weighted by atomic mass is 79.9. The molecule has 0 unspecified atom stereocenters. The van der Waals surface area contributed by atoms with Crippen LogP contribution < -0.4 is 0 Å². The number of hydrogen-bond acceptors (Lipinski definition) is 1. The molecule has 0 spiro atoms. The SMILES string of the molecule is BrCC=Cc1cn2ccccc2n1. The zero-order valence-electron chi connectivity index (χ0n) is 7.02. The number of hydrogen-bond donors (Lipinski definition) is 0. The molecule has 2 nitrogen and oxygen atoms in total. The van der Waals surface area contributed by atoms with E-state index in [1.54, 1.807) is 0 Å². The first-order chi connectivity index (χ1) is 6.40. The maximum atomic E-state index is 4.41. The lowest BCUT2D eigenvalue weighted by atomic mass is 10.4. The Labute approximate surface area is 85.0 Å². The molecule has 0 atom stereocenters. The van der Waals surface area contributed by atoms with Gasteiger partial charge in [-0.15, -0.1) is 0 Å². The number of allylic oxidation sites excluding steroid dienone is 1. The lowest BCUT2D eigenvalue weighted by molar-refractivity contribution is 1.19. The molecule has 0 N–H and O–H groups in total. The van der Waals surface area contributed by atoms with Crippen LogP contribution >= 0.6 is 15.9 Å². The lowest BCUT2D eigenvalue weighted by Gasteiger charge is -1.86. The van der Waals surface area contributed by atoms with Crippen LogP contribution in [0.1, 0.15) is 5.69 Å². The van der Waals surface area contributed by atoms with E-state index in [1.165, 1.54) is 0 Å². The van der Waals surface area contributed by atoms with Gasteiger partial charge in [0.25, 0.3) is 0 Å². The molecule has 3 heteroatoms. The second kappa shape index (κ2) is 3.75. The van der Waals surface area contributed by atoms with Crippen molar-refractivity contribution in [3.05, 3.63) is 42.4 Å². The van der Waals surface area contributed by atoms with Gasteiger partial charge in [0.2, 0.25) is 0 Å². The Hall–Kier alpha value is -1.09. The molecule has 66 valence electrons. The largest absolute Gasteiger partial charge is 0.306 e. The average Bonchev–Trinajstić information content (AvgIpc) is 2.57. The van der Waals surface area contributed by atoms with Crippen molar-refractivity contribution in [3.63, 3.8) is 0 Å². The number of imidazole rings is 1. The Bertz CT molecular complexity index is 398. The molecule has 0 bridgehead atoms. The van der Waals surface area contributed by atoms with E-state index in [0.29, 0.717) is 0 Å². The van der Waals surface area contributed by atoms with Gasteiger partial charge in [-0.2, -0.15) is 0 Å². The van der Waals surface area contributed by atoms with Crippen molar-refractivity contribution in [1.82, 2.24) is 9.38 Å². The van der Waals surface area contributed by atoms with E-state index in [0.717, 1.165) is 16.7 Å². The fraction of sp³-hybridized carbons (Fsp3) is 0.100. The summed E-state index contributed by atoms with van der Waals surface area (Å²) in [7, 11) is 0. The summed E-state index contributed by atoms with van der Waals surface area (Å²) >= 11 is 3.33. The average molecular weight is 237 g/mol. The lowest BCUT2D eigenvalue weighted by Crippen LogP contribution is -1.77. The second-order valence-corrected chi connectivity index (χ2v) is 3.34. The highest BCUT2D eigenvalue weighted by Gasteiger charge is 1.95. The maximum absolute atomic E-state index is 4.41. The fourth-order valence-corrected chi connectivity index (χ4v) is 1.39. The smallest absolute Gasteiger partial charge is 0.137 e. The van der Waals surface area contributed by atoms with Crippen molar-refractivity contribution in [2.45, 2.75) is 0 Å². The molecule has 0 saturated carbocycles. The maximum Gasteiger partial charge on any atom is 0.137 e. The van der Waals surface area contributed by atoms with Crippen molar-refractivity contribution in [1.29, 1.82) is 0 Å². The first-order valence-electron chi connectivity index (χ1n) is 4.06. The van der Waals surface area contributed by atoms with Crippen molar-refractivity contribution in [2.75, 3.05) is 5.33 Å². The van der Waals surface area contributed by atoms with E-state index in [1.807, 2.05) is 47.1 Å². The van der Waals surface area contributed by atoms with Crippen molar-refractivity contribution >= 4 is 27.7 Å². The van der Waals surface area contributed by atoms with Crippen LogP contribution in [-0.2, 0) is 0 Å². The van der Waals surface area contributed by atoms with Gasteiger partial charge in [-0.25, -0.2) is 4.98 Å². The van der Waals surface area contributed by atoms with E-state index < -0.39 is 0 Å². The third-order valence-electron chi connectivity index (χ3n) is 1.76. The molecule has 2 rings (SSSR count). The van der Waals surface area contributed by atoms with Crippen LogP contribution in [0.3, 0.4) is 0 Å². The predicted molar refractivity (Wildman–Crippen MR) is 58.0 cm³/mol. The van der Waals surface area contributed by atoms with E-state index in [9.17, 15) is 0 Å². The Morgan fingerprint density at radius 1 is 1.46 bits per heavy atom. The summed E-state index contributed by atoms with van der Waals surface area (Å²) in [5, 5.41) is 0.862. The molecule has 13 heavy (non-hydrogen) atoms. The molecule has 0 amide bonds. The first-order valence-corrected chi connectivity index (χ1v) is 5.18. The number of halogens is 1. The zero-order chi connectivity index (χ0) is 9.10. The Morgan fingerprint density at radius 2 is 2.38 bits per heavy atom. The van der Waals surface area contributed by atoms with Crippen LogP contribution in [0.4, 0.5) is 0 Å². The van der Waals surface area contributed by atoms with Crippen LogP contribution in [-0.4, -0.2) is 14.7 Å². The molecule has 0 saturated heterocycles. The first kappa shape index (κ1) is 8.51. The number of rotatable bonds is 2. The molecule has 2 aromatic rings. The Morgan fingerprint density at radius 3 is 3.15 bits per heavy atom. The van der Waals surface area contributed by atoms with Crippen molar-refractivity contribution < 1.29 is 0 Å². The number of pyridine rings is 1. The second-order valence-electron chi connectivity index (χ2n) is 2.69. The number of nitrogens with zero attached hydrogens (tertiary/aromatic N) is 2. The van der Waals surface area contributed by atoms with Crippen LogP contribution in [0.5, 0.6) is 0 Å². The number of alkyl halides is 1. The molecular weight excluding hydrogens is 228 g/mol. The van der Waals surface area contributed by atoms with Crippen LogP contribution in [0, 0.1) is 0 Å². The van der Waals surface area contributed by atoms with Gasteiger partial charge in [-0.1, -0.05) is 28.1 Å². The number of fused-ring (bicyclic) bond motifs is 1. The van der Waals surface area contributed by atoms with E-state index in [4.69, 9.17) is 0 Å². The highest BCUT2D eigenvalue weighted by Crippen LogP contribution is 2.05. The van der Waals surface area contributed by atoms with Gasteiger partial charge in [-0.05, 0) is 18.2 Å². The highest BCUT2D eigenvalue weighted by molar-refractivity contribution is 9.09. The molecule has 2 heterocycles. The summed E-state index contributed by atoms with van der Waals surface area (Å²) < 4.78 is 2.01. The van der Waals surface area contributed by atoms with Gasteiger partial charge in [0, 0.05) is 17.7 Å². The van der Waals surface area contributed by atoms with Crippen LogP contribution in [0.15, 0.2) is 36.7 Å². The van der Waals surface area contributed by atoms with Gasteiger partial charge in [-0.3, -0.25) is 0 Å². The summed E-state index contributed by atoms with van der Waals surface area (Å²) in [5.41, 5.74) is 1.97. The molecule has 0 radical (unpaired) electrons. The fourth-order valence-electron chi connectivity index (χ4n) is 1.20. The molecule has 0 fully saturated rings. The van der Waals surface area contributed by atoms with E-state index in [2.05, 4.69) is 20.9 Å². The third kappa shape index (κ3) is 1.80. The van der Waals surface area contributed by atoms with Gasteiger partial charge >= 0.3 is 0 Å². The third-order valence-corrected chi connectivity index (χ3v) is 2.13. The van der Waals surface area contributed by atoms with Crippen LogP contribution in [0.25, 0.3) is 11.7 Å². The normalized spacial score (nSPS) is 11.5. The quantitative estimate of drug-likeness (QED) is 0.734. The molecular formula is C10H9BrN2. The predicted octanol–water partition coefficient (Wildman–Crippen LogP) is 2.74. The minimum Gasteiger partial charge on any atom is -0.306 e. The van der Waals surface area contributed by atoms with Gasteiger partial charge in [0.1, 0.15) is 5.65 Å². The summed E-state index contributed by atoms with van der Waals surface area (Å²) in [6.45, 7) is 0. The molecule has 0 aliphatic carbocycles. The molecule has 2 aromatic heterocycles. The monoisotopic (exact) mass is 236 g/mol. The van der Waals surface area contributed by atoms with Gasteiger partial charge in [0.15, 0.2) is 0 Å². The summed E-state index contributed by atoms with van der Waals surface area (Å²) in [4.78, 5) is 4.41. The number of aromatic nitrogens is 2. The zero-order valence-corrected chi connectivity index (χ0v) is 8.61.